The fourth-order valence-electron chi connectivity index (χ4n) is 3.95. The second-order valence-corrected chi connectivity index (χ2v) is 8.17. The first-order valence-corrected chi connectivity index (χ1v) is 10.8. The molecule has 1 amide bonds. The molecule has 0 saturated heterocycles. The first-order chi connectivity index (χ1) is 16.7. The van der Waals surface area contributed by atoms with Crippen LogP contribution in [0.5, 0.6) is 17.2 Å². The van der Waals surface area contributed by atoms with Crippen molar-refractivity contribution in [2.24, 2.45) is 0 Å². The van der Waals surface area contributed by atoms with Crippen LogP contribution in [0.15, 0.2) is 42.6 Å². The highest BCUT2D eigenvalue weighted by atomic mass is 35.5. The van der Waals surface area contributed by atoms with E-state index in [1.54, 1.807) is 24.3 Å². The SMILES string of the molecule is COc1cccc(C2CC(C(F)(F)F)n3ncc(C(=O)Nc4cc(OC)c(Cl)cc4OC)c3N2)c1. The monoisotopic (exact) mass is 510 g/mol. The fourth-order valence-corrected chi connectivity index (χ4v) is 4.18. The van der Waals surface area contributed by atoms with Crippen LogP contribution in [0.3, 0.4) is 0 Å². The Morgan fingerprint density at radius 1 is 1.14 bits per heavy atom. The van der Waals surface area contributed by atoms with Gasteiger partial charge in [0, 0.05) is 18.6 Å². The number of rotatable bonds is 6. The maximum absolute atomic E-state index is 14.0. The van der Waals surface area contributed by atoms with Gasteiger partial charge in [-0.1, -0.05) is 23.7 Å². The Morgan fingerprint density at radius 3 is 2.54 bits per heavy atom. The van der Waals surface area contributed by atoms with E-state index in [1.807, 2.05) is 0 Å². The predicted octanol–water partition coefficient (Wildman–Crippen LogP) is 5.47. The van der Waals surface area contributed by atoms with Gasteiger partial charge in [0.2, 0.25) is 0 Å². The number of fused-ring (bicyclic) bond motifs is 1. The molecule has 186 valence electrons. The highest BCUT2D eigenvalue weighted by Crippen LogP contribution is 2.45. The topological polar surface area (TPSA) is 86.6 Å². The number of carbonyl (C=O) groups excluding carboxylic acids is 1. The lowest BCUT2D eigenvalue weighted by atomic mass is 9.96. The van der Waals surface area contributed by atoms with E-state index in [4.69, 9.17) is 25.8 Å². The molecule has 35 heavy (non-hydrogen) atoms. The summed E-state index contributed by atoms with van der Waals surface area (Å²) >= 11 is 6.11. The number of hydrogen-bond acceptors (Lipinski definition) is 6. The van der Waals surface area contributed by atoms with E-state index in [0.717, 1.165) is 10.9 Å². The molecule has 0 radical (unpaired) electrons. The van der Waals surface area contributed by atoms with Gasteiger partial charge in [0.05, 0.1) is 44.3 Å². The molecule has 0 spiro atoms. The molecule has 3 aromatic rings. The summed E-state index contributed by atoms with van der Waals surface area (Å²) in [5.74, 6) is 0.305. The van der Waals surface area contributed by atoms with Crippen molar-refractivity contribution in [1.29, 1.82) is 0 Å². The maximum atomic E-state index is 14.0. The molecule has 1 aliphatic rings. The molecule has 0 saturated carbocycles. The number of methoxy groups -OCH3 is 3. The number of alkyl halides is 3. The Labute approximate surface area is 203 Å². The fraction of sp³-hybridized carbons (Fsp3) is 0.304. The summed E-state index contributed by atoms with van der Waals surface area (Å²) in [6, 6.07) is 6.99. The van der Waals surface area contributed by atoms with Gasteiger partial charge in [-0.15, -0.1) is 0 Å². The van der Waals surface area contributed by atoms with Gasteiger partial charge in [-0.05, 0) is 17.7 Å². The molecule has 2 heterocycles. The number of carbonyl (C=O) groups is 1. The van der Waals surface area contributed by atoms with E-state index >= 15 is 0 Å². The minimum absolute atomic E-state index is 0.0520. The molecule has 1 aromatic heterocycles. The quantitative estimate of drug-likeness (QED) is 0.457. The summed E-state index contributed by atoms with van der Waals surface area (Å²) in [5.41, 5.74) is 0.746. The summed E-state index contributed by atoms with van der Waals surface area (Å²) < 4.78 is 58.4. The van der Waals surface area contributed by atoms with E-state index in [9.17, 15) is 18.0 Å². The summed E-state index contributed by atoms with van der Waals surface area (Å²) in [7, 11) is 4.28. The maximum Gasteiger partial charge on any atom is 0.410 e. The zero-order valence-corrected chi connectivity index (χ0v) is 19.7. The highest BCUT2D eigenvalue weighted by Gasteiger charge is 2.47. The van der Waals surface area contributed by atoms with Gasteiger partial charge in [0.25, 0.3) is 5.91 Å². The third kappa shape index (κ3) is 4.81. The molecule has 4 rings (SSSR count). The Bertz CT molecular complexity index is 1250. The molecule has 2 atom stereocenters. The van der Waals surface area contributed by atoms with Crippen LogP contribution in [0.1, 0.15) is 34.4 Å². The van der Waals surface area contributed by atoms with E-state index < -0.39 is 24.2 Å². The van der Waals surface area contributed by atoms with Crippen LogP contribution >= 0.6 is 11.6 Å². The molecule has 2 aromatic carbocycles. The number of hydrogen-bond donors (Lipinski definition) is 2. The predicted molar refractivity (Wildman–Crippen MR) is 124 cm³/mol. The van der Waals surface area contributed by atoms with Crippen LogP contribution in [-0.4, -0.2) is 43.2 Å². The number of aromatic nitrogens is 2. The number of anilines is 2. The standard InChI is InChI=1S/C23H22ClF3N4O4/c1-33-13-6-4-5-12(7-13)16-10-20(23(25,26)27)31-21(29-16)14(11-28-31)22(32)30-17-9-18(34-2)15(24)8-19(17)35-3/h4-9,11,16,20,29H,10H2,1-3H3,(H,30,32). The molecular formula is C23H22ClF3N4O4. The second-order valence-electron chi connectivity index (χ2n) is 7.76. The van der Waals surface area contributed by atoms with E-state index in [2.05, 4.69) is 15.7 Å². The Balaban J connectivity index is 1.71. The summed E-state index contributed by atoms with van der Waals surface area (Å²) in [5, 5.41) is 9.85. The molecule has 2 N–H and O–H groups in total. The average molecular weight is 511 g/mol. The molecule has 1 aliphatic heterocycles. The molecule has 2 unspecified atom stereocenters. The lowest BCUT2D eigenvalue weighted by molar-refractivity contribution is -0.173. The minimum atomic E-state index is -4.58. The lowest BCUT2D eigenvalue weighted by Crippen LogP contribution is -2.36. The smallest absolute Gasteiger partial charge is 0.410 e. The van der Waals surface area contributed by atoms with Crippen LogP contribution in [0.4, 0.5) is 24.7 Å². The van der Waals surface area contributed by atoms with Crippen molar-refractivity contribution in [1.82, 2.24) is 9.78 Å². The first-order valence-electron chi connectivity index (χ1n) is 10.4. The van der Waals surface area contributed by atoms with Crippen molar-refractivity contribution in [3.8, 4) is 17.2 Å². The molecule has 0 fully saturated rings. The van der Waals surface area contributed by atoms with Gasteiger partial charge in [-0.25, -0.2) is 4.68 Å². The second kappa shape index (κ2) is 9.57. The summed E-state index contributed by atoms with van der Waals surface area (Å²) in [6.07, 6.45) is -3.79. The molecule has 0 bridgehead atoms. The molecule has 0 aliphatic carbocycles. The molecule has 12 heteroatoms. The van der Waals surface area contributed by atoms with E-state index in [1.165, 1.54) is 33.5 Å². The van der Waals surface area contributed by atoms with E-state index in [-0.39, 0.29) is 40.0 Å². The molecule has 8 nitrogen and oxygen atoms in total. The minimum Gasteiger partial charge on any atom is -0.497 e. The van der Waals surface area contributed by atoms with Gasteiger partial charge in [0.15, 0.2) is 6.04 Å². The van der Waals surface area contributed by atoms with Crippen molar-refractivity contribution in [3.63, 3.8) is 0 Å². The van der Waals surface area contributed by atoms with Crippen LogP contribution < -0.4 is 24.8 Å². The van der Waals surface area contributed by atoms with Crippen molar-refractivity contribution in [3.05, 3.63) is 58.7 Å². The Morgan fingerprint density at radius 2 is 1.89 bits per heavy atom. The number of nitrogens with one attached hydrogen (secondary N) is 2. The Hall–Kier alpha value is -3.60. The van der Waals surface area contributed by atoms with Gasteiger partial charge in [-0.2, -0.15) is 18.3 Å². The summed E-state index contributed by atoms with van der Waals surface area (Å²) in [4.78, 5) is 13.2. The highest BCUT2D eigenvalue weighted by molar-refractivity contribution is 6.32. The lowest BCUT2D eigenvalue weighted by Gasteiger charge is -2.34. The number of halogens is 4. The van der Waals surface area contributed by atoms with Crippen molar-refractivity contribution in [2.45, 2.75) is 24.7 Å². The average Bonchev–Trinajstić information content (AvgIpc) is 3.27. The number of ether oxygens (including phenoxy) is 3. The third-order valence-electron chi connectivity index (χ3n) is 5.70. The van der Waals surface area contributed by atoms with E-state index in [0.29, 0.717) is 11.3 Å². The Kier molecular flexibility index (Phi) is 6.70. The van der Waals surface area contributed by atoms with Crippen LogP contribution in [0.2, 0.25) is 5.02 Å². The number of amides is 1. The summed E-state index contributed by atoms with van der Waals surface area (Å²) in [6.45, 7) is 0. The first kappa shape index (κ1) is 24.5. The largest absolute Gasteiger partial charge is 0.497 e. The number of nitrogens with zero attached hydrogens (tertiary/aromatic N) is 2. The molecular weight excluding hydrogens is 489 g/mol. The van der Waals surface area contributed by atoms with Crippen molar-refractivity contribution < 1.29 is 32.2 Å². The van der Waals surface area contributed by atoms with Crippen LogP contribution in [0.25, 0.3) is 0 Å². The zero-order chi connectivity index (χ0) is 25.3. The van der Waals surface area contributed by atoms with Gasteiger partial charge < -0.3 is 24.8 Å². The van der Waals surface area contributed by atoms with Crippen molar-refractivity contribution in [2.75, 3.05) is 32.0 Å². The van der Waals surface area contributed by atoms with Gasteiger partial charge in [0.1, 0.15) is 28.6 Å². The third-order valence-corrected chi connectivity index (χ3v) is 6.00. The van der Waals surface area contributed by atoms with Crippen LogP contribution in [-0.2, 0) is 0 Å². The normalized spacial score (nSPS) is 17.2. The van der Waals surface area contributed by atoms with Crippen molar-refractivity contribution >= 4 is 29.0 Å². The van der Waals surface area contributed by atoms with Gasteiger partial charge >= 0.3 is 6.18 Å². The zero-order valence-electron chi connectivity index (χ0n) is 18.9. The van der Waals surface area contributed by atoms with Crippen LogP contribution in [0, 0.1) is 0 Å². The number of benzene rings is 2. The van der Waals surface area contributed by atoms with Gasteiger partial charge in [-0.3, -0.25) is 4.79 Å².